The molecule has 0 aliphatic carbocycles. The standard InChI is InChI=1S/C23H28N4O2/c1-17-21(15-27(4)25-17)13-24-23(28)16-29-22-11-10-19(12-20(22)14-26(2)3)18-8-6-5-7-9-18/h5-12,15H,13-14,16H2,1-4H3,(H,24,28). The van der Waals surface area contributed by atoms with Crippen molar-refractivity contribution in [2.24, 2.45) is 7.05 Å². The van der Waals surface area contributed by atoms with Gasteiger partial charge in [0, 0.05) is 37.5 Å². The molecule has 0 atom stereocenters. The first kappa shape index (κ1) is 20.6. The Morgan fingerprint density at radius 3 is 2.52 bits per heavy atom. The average molecular weight is 393 g/mol. The van der Waals surface area contributed by atoms with E-state index in [0.717, 1.165) is 40.2 Å². The van der Waals surface area contributed by atoms with Crippen LogP contribution in [-0.2, 0) is 24.9 Å². The van der Waals surface area contributed by atoms with Crippen LogP contribution in [0.3, 0.4) is 0 Å². The second-order valence-corrected chi connectivity index (χ2v) is 7.41. The Morgan fingerprint density at radius 1 is 1.10 bits per heavy atom. The number of aromatic nitrogens is 2. The number of rotatable bonds is 8. The molecule has 2 aromatic carbocycles. The molecule has 0 saturated carbocycles. The summed E-state index contributed by atoms with van der Waals surface area (Å²) in [7, 11) is 5.90. The second-order valence-electron chi connectivity index (χ2n) is 7.41. The van der Waals surface area contributed by atoms with Crippen molar-refractivity contribution in [2.45, 2.75) is 20.0 Å². The van der Waals surface area contributed by atoms with E-state index in [0.29, 0.717) is 6.54 Å². The van der Waals surface area contributed by atoms with E-state index in [1.165, 1.54) is 0 Å². The third-order valence-electron chi connectivity index (χ3n) is 4.60. The summed E-state index contributed by atoms with van der Waals surface area (Å²) in [5, 5.41) is 7.18. The first-order valence-corrected chi connectivity index (χ1v) is 9.64. The lowest BCUT2D eigenvalue weighted by atomic mass is 10.0. The van der Waals surface area contributed by atoms with Crippen molar-refractivity contribution >= 4 is 5.91 Å². The molecular weight excluding hydrogens is 364 g/mol. The number of nitrogens with one attached hydrogen (secondary N) is 1. The Morgan fingerprint density at radius 2 is 1.86 bits per heavy atom. The number of ether oxygens (including phenoxy) is 1. The van der Waals surface area contributed by atoms with E-state index >= 15 is 0 Å². The summed E-state index contributed by atoms with van der Waals surface area (Å²) in [6.45, 7) is 3.08. The molecule has 0 aliphatic rings. The van der Waals surface area contributed by atoms with Crippen molar-refractivity contribution in [3.63, 3.8) is 0 Å². The van der Waals surface area contributed by atoms with Gasteiger partial charge in [-0.1, -0.05) is 36.4 Å². The second kappa shape index (κ2) is 9.39. The molecule has 6 nitrogen and oxygen atoms in total. The highest BCUT2D eigenvalue weighted by Gasteiger charge is 2.11. The summed E-state index contributed by atoms with van der Waals surface area (Å²) in [4.78, 5) is 14.3. The van der Waals surface area contributed by atoms with Gasteiger partial charge in [-0.3, -0.25) is 9.48 Å². The van der Waals surface area contributed by atoms with Crippen molar-refractivity contribution in [2.75, 3.05) is 20.7 Å². The van der Waals surface area contributed by atoms with Crippen molar-refractivity contribution in [1.82, 2.24) is 20.0 Å². The van der Waals surface area contributed by atoms with E-state index in [1.807, 2.05) is 64.6 Å². The number of aryl methyl sites for hydroxylation is 2. The van der Waals surface area contributed by atoms with Gasteiger partial charge in [0.25, 0.3) is 5.91 Å². The van der Waals surface area contributed by atoms with E-state index in [1.54, 1.807) is 4.68 Å². The van der Waals surface area contributed by atoms with Crippen LogP contribution in [0.2, 0.25) is 0 Å². The lowest BCUT2D eigenvalue weighted by molar-refractivity contribution is -0.123. The number of carbonyl (C=O) groups is 1. The number of benzene rings is 2. The maximum absolute atomic E-state index is 12.3. The number of carbonyl (C=O) groups excluding carboxylic acids is 1. The van der Waals surface area contributed by atoms with E-state index in [4.69, 9.17) is 4.74 Å². The molecule has 0 saturated heterocycles. The molecule has 1 N–H and O–H groups in total. The fraction of sp³-hybridized carbons (Fsp3) is 0.304. The van der Waals surface area contributed by atoms with E-state index in [9.17, 15) is 4.79 Å². The minimum atomic E-state index is -0.156. The van der Waals surface area contributed by atoms with Crippen LogP contribution >= 0.6 is 0 Å². The van der Waals surface area contributed by atoms with Gasteiger partial charge in [-0.25, -0.2) is 0 Å². The van der Waals surface area contributed by atoms with Gasteiger partial charge in [0.1, 0.15) is 5.75 Å². The Balaban J connectivity index is 1.65. The molecule has 0 radical (unpaired) electrons. The van der Waals surface area contributed by atoms with Gasteiger partial charge in [0.15, 0.2) is 6.61 Å². The Hall–Kier alpha value is -3.12. The quantitative estimate of drug-likeness (QED) is 0.640. The normalized spacial score (nSPS) is 10.9. The van der Waals surface area contributed by atoms with Crippen LogP contribution in [0, 0.1) is 6.92 Å². The minimum Gasteiger partial charge on any atom is -0.483 e. The fourth-order valence-corrected chi connectivity index (χ4v) is 3.21. The van der Waals surface area contributed by atoms with Crippen LogP contribution < -0.4 is 10.1 Å². The molecule has 1 aromatic heterocycles. The third kappa shape index (κ3) is 5.68. The van der Waals surface area contributed by atoms with Gasteiger partial charge >= 0.3 is 0 Å². The van der Waals surface area contributed by atoms with E-state index < -0.39 is 0 Å². The van der Waals surface area contributed by atoms with Crippen LogP contribution in [0.1, 0.15) is 16.8 Å². The Labute approximate surface area is 172 Å². The highest BCUT2D eigenvalue weighted by molar-refractivity contribution is 5.77. The van der Waals surface area contributed by atoms with Gasteiger partial charge in [-0.05, 0) is 44.3 Å². The summed E-state index contributed by atoms with van der Waals surface area (Å²) in [6, 6.07) is 16.3. The first-order chi connectivity index (χ1) is 13.9. The van der Waals surface area contributed by atoms with Gasteiger partial charge in [-0.2, -0.15) is 5.10 Å². The summed E-state index contributed by atoms with van der Waals surface area (Å²) in [6.07, 6.45) is 1.91. The zero-order valence-electron chi connectivity index (χ0n) is 17.5. The predicted molar refractivity (Wildman–Crippen MR) is 115 cm³/mol. The van der Waals surface area contributed by atoms with Crippen molar-refractivity contribution in [1.29, 1.82) is 0 Å². The average Bonchev–Trinajstić information content (AvgIpc) is 3.02. The lowest BCUT2D eigenvalue weighted by Gasteiger charge is -2.16. The maximum Gasteiger partial charge on any atom is 0.258 e. The molecule has 6 heteroatoms. The fourth-order valence-electron chi connectivity index (χ4n) is 3.21. The molecule has 0 bridgehead atoms. The highest BCUT2D eigenvalue weighted by atomic mass is 16.5. The maximum atomic E-state index is 12.3. The first-order valence-electron chi connectivity index (χ1n) is 9.64. The van der Waals surface area contributed by atoms with Gasteiger partial charge < -0.3 is 15.0 Å². The molecule has 0 fully saturated rings. The molecular formula is C23H28N4O2. The molecule has 0 unspecified atom stereocenters. The van der Waals surface area contributed by atoms with Crippen LogP contribution in [0.5, 0.6) is 5.75 Å². The summed E-state index contributed by atoms with van der Waals surface area (Å²) < 4.78 is 7.60. The number of hydrogen-bond acceptors (Lipinski definition) is 4. The number of amides is 1. The molecule has 152 valence electrons. The molecule has 1 amide bonds. The summed E-state index contributed by atoms with van der Waals surface area (Å²) in [5.74, 6) is 0.572. The predicted octanol–water partition coefficient (Wildman–Crippen LogP) is 3.15. The molecule has 3 rings (SSSR count). The van der Waals surface area contributed by atoms with Crippen molar-refractivity contribution in [3.05, 3.63) is 71.5 Å². The molecule has 0 spiro atoms. The number of hydrogen-bond donors (Lipinski definition) is 1. The van der Waals surface area contributed by atoms with Crippen molar-refractivity contribution in [3.8, 4) is 16.9 Å². The largest absolute Gasteiger partial charge is 0.483 e. The Bertz CT molecular complexity index is 964. The summed E-state index contributed by atoms with van der Waals surface area (Å²) in [5.41, 5.74) is 5.25. The van der Waals surface area contributed by atoms with Crippen LogP contribution in [0.4, 0.5) is 0 Å². The monoisotopic (exact) mass is 392 g/mol. The van der Waals surface area contributed by atoms with Gasteiger partial charge in [-0.15, -0.1) is 0 Å². The molecule has 0 aliphatic heterocycles. The molecule has 1 heterocycles. The molecule has 3 aromatic rings. The van der Waals surface area contributed by atoms with Gasteiger partial charge in [0.2, 0.25) is 0 Å². The van der Waals surface area contributed by atoms with Crippen LogP contribution in [0.15, 0.2) is 54.7 Å². The zero-order valence-corrected chi connectivity index (χ0v) is 17.5. The smallest absolute Gasteiger partial charge is 0.258 e. The van der Waals surface area contributed by atoms with Crippen LogP contribution in [0.25, 0.3) is 11.1 Å². The zero-order chi connectivity index (χ0) is 20.8. The number of nitrogens with zero attached hydrogens (tertiary/aromatic N) is 3. The molecule has 29 heavy (non-hydrogen) atoms. The van der Waals surface area contributed by atoms with E-state index in [2.05, 4.69) is 33.5 Å². The minimum absolute atomic E-state index is 0.0234. The Kier molecular flexibility index (Phi) is 6.67. The summed E-state index contributed by atoms with van der Waals surface area (Å²) >= 11 is 0. The van der Waals surface area contributed by atoms with Gasteiger partial charge in [0.05, 0.1) is 5.69 Å². The van der Waals surface area contributed by atoms with E-state index in [-0.39, 0.29) is 12.5 Å². The van der Waals surface area contributed by atoms with Crippen LogP contribution in [-0.4, -0.2) is 41.3 Å². The topological polar surface area (TPSA) is 59.4 Å². The highest BCUT2D eigenvalue weighted by Crippen LogP contribution is 2.27. The lowest BCUT2D eigenvalue weighted by Crippen LogP contribution is -2.28. The van der Waals surface area contributed by atoms with Crippen molar-refractivity contribution < 1.29 is 9.53 Å². The SMILES string of the molecule is Cc1nn(C)cc1CNC(=O)COc1ccc(-c2ccccc2)cc1CN(C)C. The third-order valence-corrected chi connectivity index (χ3v) is 4.60.